The van der Waals surface area contributed by atoms with E-state index in [1.165, 1.54) is 12.1 Å². The van der Waals surface area contributed by atoms with E-state index in [4.69, 9.17) is 10.5 Å². The van der Waals surface area contributed by atoms with E-state index in [-0.39, 0.29) is 36.2 Å². The first-order valence-electron chi connectivity index (χ1n) is 5.82. The molecule has 1 aliphatic rings. The number of halogens is 2. The lowest BCUT2D eigenvalue weighted by Gasteiger charge is -2.28. The number of rotatable bonds is 2. The third-order valence-electron chi connectivity index (χ3n) is 3.13. The van der Waals surface area contributed by atoms with Crippen LogP contribution in [0.25, 0.3) is 0 Å². The molecule has 0 fully saturated rings. The van der Waals surface area contributed by atoms with Gasteiger partial charge in [-0.25, -0.2) is 4.39 Å². The highest BCUT2D eigenvalue weighted by atomic mass is 35.5. The van der Waals surface area contributed by atoms with Crippen LogP contribution in [0.5, 0.6) is 0 Å². The molecule has 0 radical (unpaired) electrons. The molecule has 1 aromatic carbocycles. The fraction of sp³-hybridized carbons (Fsp3) is 0.462. The smallest absolute Gasteiger partial charge is 0.309 e. The average molecular weight is 274 g/mol. The molecule has 1 aromatic rings. The SMILES string of the molecule is CCOC(=O)C1Cc2ccc(F)cc2C(N)C1.Cl. The van der Waals surface area contributed by atoms with Gasteiger partial charge >= 0.3 is 5.97 Å². The summed E-state index contributed by atoms with van der Waals surface area (Å²) in [6.07, 6.45) is 1.11. The molecule has 0 saturated heterocycles. The van der Waals surface area contributed by atoms with Crippen LogP contribution in [0.2, 0.25) is 0 Å². The van der Waals surface area contributed by atoms with Crippen LogP contribution >= 0.6 is 12.4 Å². The van der Waals surface area contributed by atoms with Crippen molar-refractivity contribution in [3.05, 3.63) is 35.1 Å². The summed E-state index contributed by atoms with van der Waals surface area (Å²) in [5.74, 6) is -0.699. The Labute approximate surface area is 112 Å². The first-order chi connectivity index (χ1) is 8.11. The summed E-state index contributed by atoms with van der Waals surface area (Å²) in [5, 5.41) is 0. The van der Waals surface area contributed by atoms with Crippen LogP contribution in [0.1, 0.15) is 30.5 Å². The third-order valence-corrected chi connectivity index (χ3v) is 3.13. The second-order valence-electron chi connectivity index (χ2n) is 4.34. The normalized spacial score (nSPS) is 21.7. The van der Waals surface area contributed by atoms with Crippen molar-refractivity contribution < 1.29 is 13.9 Å². The first kappa shape index (κ1) is 14.9. The minimum absolute atomic E-state index is 0. The Kier molecular flexibility index (Phi) is 5.11. The fourth-order valence-electron chi connectivity index (χ4n) is 2.32. The lowest BCUT2D eigenvalue weighted by Crippen LogP contribution is -2.30. The molecule has 2 atom stereocenters. The molecular weight excluding hydrogens is 257 g/mol. The molecule has 0 saturated carbocycles. The zero-order chi connectivity index (χ0) is 12.4. The van der Waals surface area contributed by atoms with E-state index in [2.05, 4.69) is 0 Å². The molecule has 2 N–H and O–H groups in total. The lowest BCUT2D eigenvalue weighted by atomic mass is 9.81. The lowest BCUT2D eigenvalue weighted by molar-refractivity contribution is -0.148. The molecule has 18 heavy (non-hydrogen) atoms. The minimum atomic E-state index is -0.288. The number of hydrogen-bond donors (Lipinski definition) is 1. The van der Waals surface area contributed by atoms with Crippen molar-refractivity contribution in [1.82, 2.24) is 0 Å². The van der Waals surface area contributed by atoms with Crippen LogP contribution in [0.15, 0.2) is 18.2 Å². The van der Waals surface area contributed by atoms with E-state index >= 15 is 0 Å². The van der Waals surface area contributed by atoms with Gasteiger partial charge in [-0.15, -0.1) is 12.4 Å². The highest BCUT2D eigenvalue weighted by Gasteiger charge is 2.30. The number of carbonyl (C=O) groups is 1. The molecule has 0 spiro atoms. The molecule has 2 unspecified atom stereocenters. The molecule has 3 nitrogen and oxygen atoms in total. The van der Waals surface area contributed by atoms with Crippen LogP contribution in [0.4, 0.5) is 4.39 Å². The van der Waals surface area contributed by atoms with Crippen molar-refractivity contribution in [3.8, 4) is 0 Å². The van der Waals surface area contributed by atoms with Gasteiger partial charge in [0.15, 0.2) is 0 Å². The molecule has 1 aliphatic carbocycles. The molecular formula is C13H17ClFNO2. The summed E-state index contributed by atoms with van der Waals surface area (Å²) >= 11 is 0. The number of esters is 1. The number of carbonyl (C=O) groups excluding carboxylic acids is 1. The van der Waals surface area contributed by atoms with E-state index < -0.39 is 0 Å². The quantitative estimate of drug-likeness (QED) is 0.842. The zero-order valence-corrected chi connectivity index (χ0v) is 11.0. The van der Waals surface area contributed by atoms with E-state index in [0.29, 0.717) is 19.4 Å². The highest BCUT2D eigenvalue weighted by molar-refractivity contribution is 5.85. The van der Waals surface area contributed by atoms with E-state index in [9.17, 15) is 9.18 Å². The Bertz CT molecular complexity index is 439. The number of ether oxygens (including phenoxy) is 1. The predicted octanol–water partition coefficient (Wildman–Crippen LogP) is 2.37. The van der Waals surface area contributed by atoms with Gasteiger partial charge in [0.25, 0.3) is 0 Å². The molecule has 0 aromatic heterocycles. The molecule has 0 bridgehead atoms. The van der Waals surface area contributed by atoms with Crippen LogP contribution in [-0.2, 0) is 16.0 Å². The summed E-state index contributed by atoms with van der Waals surface area (Å²) in [5.41, 5.74) is 7.72. The predicted molar refractivity (Wildman–Crippen MR) is 69.0 cm³/mol. The van der Waals surface area contributed by atoms with E-state index in [0.717, 1.165) is 11.1 Å². The van der Waals surface area contributed by atoms with Crippen LogP contribution < -0.4 is 5.73 Å². The van der Waals surface area contributed by atoms with E-state index in [1.54, 1.807) is 13.0 Å². The zero-order valence-electron chi connectivity index (χ0n) is 10.2. The molecule has 0 amide bonds. The van der Waals surface area contributed by atoms with Crippen molar-refractivity contribution in [3.63, 3.8) is 0 Å². The fourth-order valence-corrected chi connectivity index (χ4v) is 2.32. The van der Waals surface area contributed by atoms with Crippen molar-refractivity contribution in [2.45, 2.75) is 25.8 Å². The van der Waals surface area contributed by atoms with Crippen LogP contribution in [0.3, 0.4) is 0 Å². The molecule has 2 rings (SSSR count). The number of hydrogen-bond acceptors (Lipinski definition) is 3. The van der Waals surface area contributed by atoms with Gasteiger partial charge in [-0.3, -0.25) is 4.79 Å². The number of fused-ring (bicyclic) bond motifs is 1. The van der Waals surface area contributed by atoms with Gasteiger partial charge < -0.3 is 10.5 Å². The van der Waals surface area contributed by atoms with Crippen molar-refractivity contribution in [2.75, 3.05) is 6.61 Å². The maximum absolute atomic E-state index is 13.1. The maximum atomic E-state index is 13.1. The third kappa shape index (κ3) is 3.00. The second kappa shape index (κ2) is 6.16. The Morgan fingerprint density at radius 2 is 2.28 bits per heavy atom. The summed E-state index contributed by atoms with van der Waals surface area (Å²) in [6, 6.07) is 4.28. The summed E-state index contributed by atoms with van der Waals surface area (Å²) < 4.78 is 18.1. The molecule has 100 valence electrons. The van der Waals surface area contributed by atoms with Gasteiger partial charge in [-0.1, -0.05) is 6.07 Å². The van der Waals surface area contributed by atoms with Gasteiger partial charge in [0.2, 0.25) is 0 Å². The Morgan fingerprint density at radius 3 is 2.94 bits per heavy atom. The van der Waals surface area contributed by atoms with Gasteiger partial charge in [0.1, 0.15) is 5.82 Å². The molecule has 5 heteroatoms. The number of benzene rings is 1. The average Bonchev–Trinajstić information content (AvgIpc) is 2.30. The Hall–Kier alpha value is -1.13. The van der Waals surface area contributed by atoms with Gasteiger partial charge in [-0.05, 0) is 43.0 Å². The summed E-state index contributed by atoms with van der Waals surface area (Å²) in [4.78, 5) is 11.7. The van der Waals surface area contributed by atoms with E-state index in [1.807, 2.05) is 0 Å². The van der Waals surface area contributed by atoms with Gasteiger partial charge in [-0.2, -0.15) is 0 Å². The van der Waals surface area contributed by atoms with Crippen molar-refractivity contribution >= 4 is 18.4 Å². The summed E-state index contributed by atoms with van der Waals surface area (Å²) in [6.45, 7) is 2.16. The molecule has 0 aliphatic heterocycles. The van der Waals surface area contributed by atoms with Crippen LogP contribution in [0, 0.1) is 11.7 Å². The standard InChI is InChI=1S/C13H16FNO2.ClH/c1-2-17-13(16)9-5-8-3-4-10(14)7-11(8)12(15)6-9;/h3-4,7,9,12H,2,5-6,15H2,1H3;1H. The number of nitrogens with two attached hydrogens (primary N) is 1. The highest BCUT2D eigenvalue weighted by Crippen LogP contribution is 2.32. The van der Waals surface area contributed by atoms with Gasteiger partial charge in [0, 0.05) is 6.04 Å². The summed E-state index contributed by atoms with van der Waals surface area (Å²) in [7, 11) is 0. The van der Waals surface area contributed by atoms with Crippen LogP contribution in [-0.4, -0.2) is 12.6 Å². The van der Waals surface area contributed by atoms with Crippen molar-refractivity contribution in [2.24, 2.45) is 11.7 Å². The molecule has 0 heterocycles. The van der Waals surface area contributed by atoms with Crippen molar-refractivity contribution in [1.29, 1.82) is 0 Å². The minimum Gasteiger partial charge on any atom is -0.466 e. The Morgan fingerprint density at radius 1 is 1.56 bits per heavy atom. The topological polar surface area (TPSA) is 52.3 Å². The maximum Gasteiger partial charge on any atom is 0.309 e. The van der Waals surface area contributed by atoms with Gasteiger partial charge in [0.05, 0.1) is 12.5 Å². The second-order valence-corrected chi connectivity index (χ2v) is 4.34. The largest absolute Gasteiger partial charge is 0.466 e. The first-order valence-corrected chi connectivity index (χ1v) is 5.82. The monoisotopic (exact) mass is 273 g/mol. The Balaban J connectivity index is 0.00000162.